The Labute approximate surface area is 267 Å². The van der Waals surface area contributed by atoms with Gasteiger partial charge in [0.15, 0.2) is 6.10 Å². The molecule has 0 aliphatic heterocycles. The van der Waals surface area contributed by atoms with Crippen molar-refractivity contribution in [3.05, 3.63) is 73.1 Å². The van der Waals surface area contributed by atoms with Crippen molar-refractivity contribution in [3.63, 3.8) is 0 Å². The maximum absolute atomic E-state index is 12.4. The van der Waals surface area contributed by atoms with Gasteiger partial charge < -0.3 is 20.1 Å². The third-order valence-corrected chi connectivity index (χ3v) is 7.33. The molecule has 0 radical (unpaired) electrons. The second kappa shape index (κ2) is 32.2. The van der Waals surface area contributed by atoms with Crippen LogP contribution in [0.3, 0.4) is 0 Å². The number of carbonyl (C=O) groups is 1. The molecule has 1 unspecified atom stereocenters. The third kappa shape index (κ3) is 31.2. The topological polar surface area (TPSA) is 117 Å². The number of nitrogens with two attached hydrogens (primary N) is 1. The van der Waals surface area contributed by atoms with E-state index in [0.29, 0.717) is 0 Å². The Bertz CT molecular complexity index is 896. The summed E-state index contributed by atoms with van der Waals surface area (Å²) >= 11 is 0. The van der Waals surface area contributed by atoms with Gasteiger partial charge in [-0.3, -0.25) is 13.8 Å². The Kier molecular flexibility index (Phi) is 30.6. The quantitative estimate of drug-likeness (QED) is 0.0200. The Morgan fingerprint density at radius 1 is 0.727 bits per heavy atom. The van der Waals surface area contributed by atoms with Crippen LogP contribution in [0.2, 0.25) is 0 Å². The van der Waals surface area contributed by atoms with Gasteiger partial charge in [0.1, 0.15) is 6.61 Å². The van der Waals surface area contributed by atoms with Gasteiger partial charge in [0, 0.05) is 13.0 Å². The fourth-order valence-corrected chi connectivity index (χ4v) is 4.71. The average molecular weight is 638 g/mol. The van der Waals surface area contributed by atoms with Gasteiger partial charge in [-0.1, -0.05) is 126 Å². The second-order valence-electron chi connectivity index (χ2n) is 10.5. The highest BCUT2D eigenvalue weighted by atomic mass is 31.2. The number of unbranched alkanes of at least 4 members (excludes halogenated alkanes) is 11. The predicted molar refractivity (Wildman–Crippen MR) is 182 cm³/mol. The Morgan fingerprint density at radius 3 is 1.91 bits per heavy atom. The molecule has 252 valence electrons. The molecule has 8 nitrogen and oxygen atoms in total. The molecule has 0 aromatic rings. The zero-order valence-electron chi connectivity index (χ0n) is 27.4. The molecule has 2 atom stereocenters. The van der Waals surface area contributed by atoms with E-state index in [2.05, 4.69) is 32.1 Å². The van der Waals surface area contributed by atoms with E-state index in [4.69, 9.17) is 24.3 Å². The van der Waals surface area contributed by atoms with E-state index in [1.54, 1.807) is 12.2 Å². The van der Waals surface area contributed by atoms with Crippen LogP contribution in [0.15, 0.2) is 73.1 Å². The standard InChI is InChI=1S/C35H60NO7P/c1-3-5-7-9-11-13-15-16-17-18-19-20-22-24-26-28-35(37)43-34(33-42-44(38,39)41-31-29-36)32-40-30-27-25-23-21-14-12-10-8-6-4-2/h6,8,10,12,14,16-17,21,23,25,27,30,34H,3-5,7,9,11,13,15,18-20,22,24,26,28-29,31-33,36H2,1-2H3,(H,38,39)/b8-6+,12-10+,17-16+,21-14+,25-23+,30-27+/t34-/m1/s1. The molecule has 0 heterocycles. The number of rotatable bonds is 30. The minimum atomic E-state index is -4.31. The molecule has 0 saturated heterocycles. The number of hydrogen-bond donors (Lipinski definition) is 2. The van der Waals surface area contributed by atoms with E-state index < -0.39 is 19.9 Å². The van der Waals surface area contributed by atoms with Gasteiger partial charge in [-0.15, -0.1) is 0 Å². The number of phosphoric acid groups is 1. The van der Waals surface area contributed by atoms with Crippen LogP contribution >= 0.6 is 7.82 Å². The van der Waals surface area contributed by atoms with Gasteiger partial charge >= 0.3 is 13.8 Å². The molecule has 44 heavy (non-hydrogen) atoms. The van der Waals surface area contributed by atoms with E-state index in [0.717, 1.165) is 44.9 Å². The molecule has 0 aromatic carbocycles. The van der Waals surface area contributed by atoms with Crippen LogP contribution in [0.25, 0.3) is 0 Å². The van der Waals surface area contributed by atoms with Crippen LogP contribution in [0.5, 0.6) is 0 Å². The van der Waals surface area contributed by atoms with Crippen molar-refractivity contribution in [3.8, 4) is 0 Å². The number of phosphoric ester groups is 1. The van der Waals surface area contributed by atoms with Gasteiger partial charge in [0.2, 0.25) is 0 Å². The molecule has 0 bridgehead atoms. The van der Waals surface area contributed by atoms with Gasteiger partial charge in [-0.05, 0) is 44.6 Å². The highest BCUT2D eigenvalue weighted by Crippen LogP contribution is 2.43. The van der Waals surface area contributed by atoms with Crippen LogP contribution in [0.1, 0.15) is 110 Å². The first-order valence-corrected chi connectivity index (χ1v) is 18.0. The number of hydrogen-bond acceptors (Lipinski definition) is 7. The largest absolute Gasteiger partial charge is 0.497 e. The lowest BCUT2D eigenvalue weighted by Gasteiger charge is -2.19. The van der Waals surface area contributed by atoms with Crippen LogP contribution in [0, 0.1) is 0 Å². The summed E-state index contributed by atoms with van der Waals surface area (Å²) in [6.45, 7) is 3.89. The molecular formula is C35H60NO7P. The summed E-state index contributed by atoms with van der Waals surface area (Å²) in [6.07, 6.45) is 38.9. The molecule has 0 amide bonds. The molecule has 3 N–H and O–H groups in total. The van der Waals surface area contributed by atoms with Crippen molar-refractivity contribution in [2.24, 2.45) is 5.73 Å². The van der Waals surface area contributed by atoms with Crippen LogP contribution in [-0.2, 0) is 27.9 Å². The zero-order valence-corrected chi connectivity index (χ0v) is 28.3. The molecule has 0 aliphatic carbocycles. The van der Waals surface area contributed by atoms with Crippen molar-refractivity contribution in [1.29, 1.82) is 0 Å². The Hall–Kier alpha value is -2.22. The first kappa shape index (κ1) is 41.8. The van der Waals surface area contributed by atoms with Crippen molar-refractivity contribution in [2.75, 3.05) is 26.4 Å². The van der Waals surface area contributed by atoms with Crippen molar-refractivity contribution >= 4 is 13.8 Å². The summed E-state index contributed by atoms with van der Waals surface area (Å²) in [5.74, 6) is -0.397. The van der Waals surface area contributed by atoms with Gasteiger partial charge in [0.05, 0.1) is 19.5 Å². The molecular weight excluding hydrogens is 577 g/mol. The predicted octanol–water partition coefficient (Wildman–Crippen LogP) is 9.19. The maximum Gasteiger partial charge on any atom is 0.472 e. The summed E-state index contributed by atoms with van der Waals surface area (Å²) in [6, 6.07) is 0. The number of carbonyl (C=O) groups excluding carboxylic acids is 1. The van der Waals surface area contributed by atoms with Gasteiger partial charge in [-0.2, -0.15) is 0 Å². The molecule has 0 spiro atoms. The lowest BCUT2D eigenvalue weighted by Crippen LogP contribution is -2.27. The second-order valence-corrected chi connectivity index (χ2v) is 11.9. The number of esters is 1. The molecule has 0 aromatic heterocycles. The minimum absolute atomic E-state index is 0.0400. The normalized spacial score (nSPS) is 14.6. The monoisotopic (exact) mass is 637 g/mol. The van der Waals surface area contributed by atoms with E-state index in [-0.39, 0.29) is 32.8 Å². The van der Waals surface area contributed by atoms with Crippen LogP contribution in [0.4, 0.5) is 0 Å². The minimum Gasteiger partial charge on any atom is -0.497 e. The van der Waals surface area contributed by atoms with Gasteiger partial charge in [0.25, 0.3) is 0 Å². The number of allylic oxidation sites excluding steroid dienone is 11. The lowest BCUT2D eigenvalue weighted by atomic mass is 10.1. The van der Waals surface area contributed by atoms with E-state index in [9.17, 15) is 14.3 Å². The maximum atomic E-state index is 12.4. The first-order chi connectivity index (χ1) is 21.4. The van der Waals surface area contributed by atoms with Crippen LogP contribution < -0.4 is 5.73 Å². The lowest BCUT2D eigenvalue weighted by molar-refractivity contribution is -0.153. The summed E-state index contributed by atoms with van der Waals surface area (Å²) in [4.78, 5) is 22.2. The third-order valence-electron chi connectivity index (χ3n) is 6.34. The summed E-state index contributed by atoms with van der Waals surface area (Å²) in [7, 11) is -4.31. The molecule has 0 aliphatic rings. The average Bonchev–Trinajstić information content (AvgIpc) is 3.01. The van der Waals surface area contributed by atoms with Crippen molar-refractivity contribution in [1.82, 2.24) is 0 Å². The Balaban J connectivity index is 4.34. The smallest absolute Gasteiger partial charge is 0.472 e. The molecule has 0 rings (SSSR count). The Morgan fingerprint density at radius 2 is 1.30 bits per heavy atom. The molecule has 0 fully saturated rings. The summed E-state index contributed by atoms with van der Waals surface area (Å²) in [5.41, 5.74) is 5.32. The molecule has 9 heteroatoms. The van der Waals surface area contributed by atoms with Crippen molar-refractivity contribution in [2.45, 2.75) is 116 Å². The van der Waals surface area contributed by atoms with E-state index in [1.165, 1.54) is 51.2 Å². The van der Waals surface area contributed by atoms with Crippen molar-refractivity contribution < 1.29 is 32.8 Å². The molecule has 0 saturated carbocycles. The first-order valence-electron chi connectivity index (χ1n) is 16.5. The van der Waals surface area contributed by atoms with Crippen LogP contribution in [-0.4, -0.2) is 43.3 Å². The fraction of sp³-hybridized carbons (Fsp3) is 0.629. The fourth-order valence-electron chi connectivity index (χ4n) is 3.95. The van der Waals surface area contributed by atoms with Gasteiger partial charge in [-0.25, -0.2) is 4.57 Å². The van der Waals surface area contributed by atoms with E-state index in [1.807, 2.05) is 36.5 Å². The zero-order chi connectivity index (χ0) is 32.4. The highest BCUT2D eigenvalue weighted by molar-refractivity contribution is 7.47. The number of ether oxygens (including phenoxy) is 2. The highest BCUT2D eigenvalue weighted by Gasteiger charge is 2.25. The summed E-state index contributed by atoms with van der Waals surface area (Å²) in [5, 5.41) is 0. The van der Waals surface area contributed by atoms with E-state index >= 15 is 0 Å². The summed E-state index contributed by atoms with van der Waals surface area (Å²) < 4.78 is 32.7. The SMILES string of the molecule is CC/C=C/C=C/C=C/C=C/C=C/OC[C@H](COP(=O)(O)OCCN)OC(=O)CCCCCCC/C=C/CCCCCCCC.